The molecule has 0 aliphatic carbocycles. The molecule has 2 unspecified atom stereocenters. The Morgan fingerprint density at radius 3 is 2.54 bits per heavy atom. The highest BCUT2D eigenvalue weighted by atomic mass is 35.5. The van der Waals surface area contributed by atoms with Gasteiger partial charge >= 0.3 is 0 Å². The summed E-state index contributed by atoms with van der Waals surface area (Å²) in [5.74, 6) is 1.11. The maximum Gasteiger partial charge on any atom is 0.222 e. The predicted octanol–water partition coefficient (Wildman–Crippen LogP) is 3.34. The van der Waals surface area contributed by atoms with E-state index in [1.54, 1.807) is 6.07 Å². The van der Waals surface area contributed by atoms with E-state index in [0.717, 1.165) is 13.1 Å². The summed E-state index contributed by atoms with van der Waals surface area (Å²) in [6.07, 6.45) is 3.07. The number of nitrogens with zero attached hydrogens (tertiary/aromatic N) is 2. The van der Waals surface area contributed by atoms with Crippen LogP contribution in [0.4, 0.5) is 10.1 Å². The molecule has 0 saturated carbocycles. The van der Waals surface area contributed by atoms with Crippen LogP contribution in [-0.4, -0.2) is 50.1 Å². The van der Waals surface area contributed by atoms with Gasteiger partial charge in [-0.25, -0.2) is 4.39 Å². The van der Waals surface area contributed by atoms with Crippen molar-refractivity contribution in [3.63, 3.8) is 0 Å². The molecule has 1 amide bonds. The third-order valence-electron chi connectivity index (χ3n) is 5.46. The number of halogens is 3. The Kier molecular flexibility index (Phi) is 9.69. The molecule has 2 atom stereocenters. The SMILES string of the molecule is CC(CC(=O)N1CCN(c2ccccc2F)CC1)C1CCCNC1.Cl.Cl. The Labute approximate surface area is 168 Å². The van der Waals surface area contributed by atoms with Crippen molar-refractivity contribution >= 4 is 36.4 Å². The van der Waals surface area contributed by atoms with Crippen LogP contribution in [0.15, 0.2) is 24.3 Å². The average Bonchev–Trinajstić information content (AvgIpc) is 2.63. The van der Waals surface area contributed by atoms with E-state index in [0.29, 0.717) is 50.1 Å². The minimum atomic E-state index is -0.185. The molecule has 1 N–H and O–H groups in total. The van der Waals surface area contributed by atoms with Gasteiger partial charge in [0, 0.05) is 32.6 Å². The van der Waals surface area contributed by atoms with Crippen LogP contribution in [0.5, 0.6) is 0 Å². The Morgan fingerprint density at radius 1 is 1.23 bits per heavy atom. The summed E-state index contributed by atoms with van der Waals surface area (Å²) in [6.45, 7) is 7.11. The molecule has 3 rings (SSSR count). The van der Waals surface area contributed by atoms with Crippen LogP contribution in [-0.2, 0) is 4.79 Å². The van der Waals surface area contributed by atoms with Crippen molar-refractivity contribution in [2.24, 2.45) is 11.8 Å². The van der Waals surface area contributed by atoms with Crippen molar-refractivity contribution in [3.8, 4) is 0 Å². The number of amides is 1. The van der Waals surface area contributed by atoms with Gasteiger partial charge in [-0.1, -0.05) is 19.1 Å². The molecule has 0 radical (unpaired) electrons. The van der Waals surface area contributed by atoms with E-state index in [4.69, 9.17) is 0 Å². The Hall–Kier alpha value is -1.04. The number of nitrogens with one attached hydrogen (secondary N) is 1. The standard InChI is InChI=1S/C19H28FN3O.2ClH/c1-15(16-5-4-8-21-14-16)13-19(24)23-11-9-22(10-12-23)18-7-3-2-6-17(18)20;;/h2-3,6-7,15-16,21H,4-5,8-14H2,1H3;2*1H. The molecule has 7 heteroatoms. The topological polar surface area (TPSA) is 35.6 Å². The predicted molar refractivity (Wildman–Crippen MR) is 109 cm³/mol. The first-order chi connectivity index (χ1) is 11.6. The van der Waals surface area contributed by atoms with E-state index in [1.807, 2.05) is 21.9 Å². The molecular weight excluding hydrogens is 376 g/mol. The van der Waals surface area contributed by atoms with Gasteiger partial charge in [0.05, 0.1) is 5.69 Å². The summed E-state index contributed by atoms with van der Waals surface area (Å²) < 4.78 is 13.9. The number of benzene rings is 1. The molecule has 26 heavy (non-hydrogen) atoms. The second-order valence-electron chi connectivity index (χ2n) is 7.11. The highest BCUT2D eigenvalue weighted by Gasteiger charge is 2.27. The van der Waals surface area contributed by atoms with E-state index in [9.17, 15) is 9.18 Å². The van der Waals surface area contributed by atoms with Crippen molar-refractivity contribution < 1.29 is 9.18 Å². The molecule has 0 aromatic heterocycles. The minimum absolute atomic E-state index is 0. The number of hydrogen-bond acceptors (Lipinski definition) is 3. The van der Waals surface area contributed by atoms with Crippen LogP contribution >= 0.6 is 24.8 Å². The second kappa shape index (κ2) is 11.0. The minimum Gasteiger partial charge on any atom is -0.366 e. The summed E-state index contributed by atoms with van der Waals surface area (Å²) in [7, 11) is 0. The van der Waals surface area contributed by atoms with Gasteiger partial charge < -0.3 is 15.1 Å². The summed E-state index contributed by atoms with van der Waals surface area (Å²) in [5.41, 5.74) is 0.645. The normalized spacial score (nSPS) is 21.4. The molecule has 2 fully saturated rings. The molecule has 0 bridgehead atoms. The van der Waals surface area contributed by atoms with Gasteiger partial charge in [-0.2, -0.15) is 0 Å². The van der Waals surface area contributed by atoms with Gasteiger partial charge in [-0.15, -0.1) is 24.8 Å². The highest BCUT2D eigenvalue weighted by Crippen LogP contribution is 2.24. The van der Waals surface area contributed by atoms with Crippen LogP contribution in [0.2, 0.25) is 0 Å². The molecule has 1 aromatic rings. The van der Waals surface area contributed by atoms with Crippen molar-refractivity contribution in [1.29, 1.82) is 0 Å². The number of carbonyl (C=O) groups excluding carboxylic acids is 1. The number of anilines is 1. The first-order valence-corrected chi connectivity index (χ1v) is 9.13. The first-order valence-electron chi connectivity index (χ1n) is 9.13. The summed E-state index contributed by atoms with van der Waals surface area (Å²) in [5, 5.41) is 3.43. The number of carbonyl (C=O) groups is 1. The van der Waals surface area contributed by atoms with Crippen molar-refractivity contribution in [2.45, 2.75) is 26.2 Å². The first kappa shape index (κ1) is 23.0. The molecule has 4 nitrogen and oxygen atoms in total. The Morgan fingerprint density at radius 2 is 1.92 bits per heavy atom. The quantitative estimate of drug-likeness (QED) is 0.833. The van der Waals surface area contributed by atoms with Crippen molar-refractivity contribution in [2.75, 3.05) is 44.2 Å². The van der Waals surface area contributed by atoms with Crippen molar-refractivity contribution in [1.82, 2.24) is 10.2 Å². The van der Waals surface area contributed by atoms with Gasteiger partial charge in [0.25, 0.3) is 0 Å². The van der Waals surface area contributed by atoms with Crippen LogP contribution in [0.25, 0.3) is 0 Å². The number of para-hydroxylation sites is 1. The van der Waals surface area contributed by atoms with Crippen LogP contribution < -0.4 is 10.2 Å². The van der Waals surface area contributed by atoms with Crippen LogP contribution in [0.3, 0.4) is 0 Å². The Balaban J connectivity index is 0.00000169. The van der Waals surface area contributed by atoms with E-state index in [2.05, 4.69) is 12.2 Å². The fourth-order valence-corrected chi connectivity index (χ4v) is 3.84. The third-order valence-corrected chi connectivity index (χ3v) is 5.46. The second-order valence-corrected chi connectivity index (χ2v) is 7.11. The van der Waals surface area contributed by atoms with Gasteiger partial charge in [-0.3, -0.25) is 4.79 Å². The molecule has 2 aliphatic rings. The van der Waals surface area contributed by atoms with Gasteiger partial charge in [0.1, 0.15) is 5.82 Å². The summed E-state index contributed by atoms with van der Waals surface area (Å²) >= 11 is 0. The molecule has 0 spiro atoms. The maximum atomic E-state index is 13.9. The lowest BCUT2D eigenvalue weighted by Crippen LogP contribution is -2.49. The molecule has 148 valence electrons. The third kappa shape index (κ3) is 5.73. The highest BCUT2D eigenvalue weighted by molar-refractivity contribution is 5.85. The lowest BCUT2D eigenvalue weighted by Gasteiger charge is -2.37. The summed E-state index contributed by atoms with van der Waals surface area (Å²) in [6, 6.07) is 6.87. The van der Waals surface area contributed by atoms with E-state index >= 15 is 0 Å². The lowest BCUT2D eigenvalue weighted by molar-refractivity contribution is -0.132. The van der Waals surface area contributed by atoms with Crippen molar-refractivity contribution in [3.05, 3.63) is 30.1 Å². The Bertz CT molecular complexity index is 561. The molecule has 2 aliphatic heterocycles. The molecular formula is C19H30Cl2FN3O. The monoisotopic (exact) mass is 405 g/mol. The van der Waals surface area contributed by atoms with Gasteiger partial charge in [0.15, 0.2) is 0 Å². The maximum absolute atomic E-state index is 13.9. The van der Waals surface area contributed by atoms with E-state index in [-0.39, 0.29) is 36.5 Å². The largest absolute Gasteiger partial charge is 0.366 e. The van der Waals surface area contributed by atoms with E-state index < -0.39 is 0 Å². The van der Waals surface area contributed by atoms with Gasteiger partial charge in [0.2, 0.25) is 5.91 Å². The summed E-state index contributed by atoms with van der Waals surface area (Å²) in [4.78, 5) is 16.6. The number of hydrogen-bond donors (Lipinski definition) is 1. The van der Waals surface area contributed by atoms with Crippen LogP contribution in [0, 0.1) is 17.7 Å². The zero-order chi connectivity index (χ0) is 16.9. The number of rotatable bonds is 4. The molecule has 2 heterocycles. The molecule has 2 saturated heterocycles. The number of piperidine rings is 1. The van der Waals surface area contributed by atoms with Gasteiger partial charge in [-0.05, 0) is 49.9 Å². The smallest absolute Gasteiger partial charge is 0.222 e. The average molecular weight is 406 g/mol. The zero-order valence-electron chi connectivity index (χ0n) is 15.3. The van der Waals surface area contributed by atoms with Crippen LogP contribution in [0.1, 0.15) is 26.2 Å². The molecule has 1 aromatic carbocycles. The zero-order valence-corrected chi connectivity index (χ0v) is 17.0. The lowest BCUT2D eigenvalue weighted by atomic mass is 9.85. The number of piperazine rings is 1. The fourth-order valence-electron chi connectivity index (χ4n) is 3.84. The fraction of sp³-hybridized carbons (Fsp3) is 0.632. The van der Waals surface area contributed by atoms with E-state index in [1.165, 1.54) is 18.9 Å².